The Morgan fingerprint density at radius 2 is 1.76 bits per heavy atom. The predicted octanol–water partition coefficient (Wildman–Crippen LogP) is 2.49. The number of unbranched alkanes of at least 4 members (excludes halogenated alkanes) is 1. The Balaban J connectivity index is 1.83. The summed E-state index contributed by atoms with van der Waals surface area (Å²) in [5, 5.41) is 5.65. The third-order valence-electron chi connectivity index (χ3n) is 3.57. The van der Waals surface area contributed by atoms with Crippen LogP contribution in [0, 0.1) is 5.92 Å². The van der Waals surface area contributed by atoms with Crippen LogP contribution in [0.1, 0.15) is 39.0 Å². The first kappa shape index (κ1) is 15.5. The first-order valence-electron chi connectivity index (χ1n) is 7.57. The molecule has 1 aromatic rings. The van der Waals surface area contributed by atoms with Crippen LogP contribution in [0.15, 0.2) is 24.3 Å². The lowest BCUT2D eigenvalue weighted by Gasteiger charge is -2.12. The lowest BCUT2D eigenvalue weighted by atomic mass is 10.1. The standard InChI is InChI=1S/C16H23N3O2/c1-2-3-4-14(17)16(21)19-13-9-7-12(8-10-13)18-15(20)11-5-6-11/h7-11,14H,2-6,17H2,1H3,(H,18,20)(H,19,21). The molecule has 2 rings (SSSR count). The number of hydrogen-bond acceptors (Lipinski definition) is 3. The molecular formula is C16H23N3O2. The van der Waals surface area contributed by atoms with Crippen molar-refractivity contribution in [2.24, 2.45) is 11.7 Å². The van der Waals surface area contributed by atoms with Gasteiger partial charge in [0.25, 0.3) is 0 Å². The van der Waals surface area contributed by atoms with E-state index in [-0.39, 0.29) is 17.7 Å². The van der Waals surface area contributed by atoms with Crippen molar-refractivity contribution in [1.82, 2.24) is 0 Å². The minimum Gasteiger partial charge on any atom is -0.326 e. The zero-order valence-electron chi connectivity index (χ0n) is 12.4. The zero-order chi connectivity index (χ0) is 15.2. The molecule has 0 spiro atoms. The molecule has 0 aromatic heterocycles. The summed E-state index contributed by atoms with van der Waals surface area (Å²) in [7, 11) is 0. The largest absolute Gasteiger partial charge is 0.326 e. The van der Waals surface area contributed by atoms with Crippen LogP contribution < -0.4 is 16.4 Å². The number of rotatable bonds is 7. The lowest BCUT2D eigenvalue weighted by Crippen LogP contribution is -2.35. The molecule has 1 unspecified atom stereocenters. The molecule has 1 saturated carbocycles. The molecule has 1 aliphatic carbocycles. The van der Waals surface area contributed by atoms with E-state index in [4.69, 9.17) is 5.73 Å². The summed E-state index contributed by atoms with van der Waals surface area (Å²) in [5.41, 5.74) is 7.26. The molecule has 0 bridgehead atoms. The highest BCUT2D eigenvalue weighted by molar-refractivity contribution is 5.96. The summed E-state index contributed by atoms with van der Waals surface area (Å²) in [6.07, 6.45) is 4.63. The molecule has 0 aliphatic heterocycles. The molecule has 1 aromatic carbocycles. The Labute approximate surface area is 125 Å². The van der Waals surface area contributed by atoms with Crippen LogP contribution >= 0.6 is 0 Å². The molecule has 0 heterocycles. The summed E-state index contributed by atoms with van der Waals surface area (Å²) < 4.78 is 0. The first-order chi connectivity index (χ1) is 10.1. The Bertz CT molecular complexity index is 495. The van der Waals surface area contributed by atoms with E-state index in [1.54, 1.807) is 24.3 Å². The normalized spacial score (nSPS) is 15.3. The predicted molar refractivity (Wildman–Crippen MR) is 83.9 cm³/mol. The van der Waals surface area contributed by atoms with Crippen LogP contribution in [0.2, 0.25) is 0 Å². The van der Waals surface area contributed by atoms with Gasteiger partial charge in [-0.1, -0.05) is 19.8 Å². The second-order valence-electron chi connectivity index (χ2n) is 5.58. The van der Waals surface area contributed by atoms with Crippen molar-refractivity contribution in [3.63, 3.8) is 0 Å². The van der Waals surface area contributed by atoms with Crippen LogP contribution in [0.5, 0.6) is 0 Å². The molecule has 4 N–H and O–H groups in total. The highest BCUT2D eigenvalue weighted by Gasteiger charge is 2.29. The second-order valence-corrected chi connectivity index (χ2v) is 5.58. The number of anilines is 2. The van der Waals surface area contributed by atoms with Crippen LogP contribution in [0.25, 0.3) is 0 Å². The maximum atomic E-state index is 11.9. The Morgan fingerprint density at radius 1 is 1.19 bits per heavy atom. The SMILES string of the molecule is CCCCC(N)C(=O)Nc1ccc(NC(=O)C2CC2)cc1. The van der Waals surface area contributed by atoms with E-state index in [1.807, 2.05) is 0 Å². The minimum absolute atomic E-state index is 0.0772. The van der Waals surface area contributed by atoms with E-state index < -0.39 is 6.04 Å². The average molecular weight is 289 g/mol. The first-order valence-corrected chi connectivity index (χ1v) is 7.57. The van der Waals surface area contributed by atoms with Gasteiger partial charge in [0.05, 0.1) is 6.04 Å². The number of benzene rings is 1. The highest BCUT2D eigenvalue weighted by Crippen LogP contribution is 2.30. The van der Waals surface area contributed by atoms with Crippen molar-refractivity contribution in [3.8, 4) is 0 Å². The van der Waals surface area contributed by atoms with Gasteiger partial charge in [0, 0.05) is 17.3 Å². The van der Waals surface area contributed by atoms with Crippen molar-refractivity contribution in [2.45, 2.75) is 45.1 Å². The van der Waals surface area contributed by atoms with Crippen molar-refractivity contribution in [1.29, 1.82) is 0 Å². The third-order valence-corrected chi connectivity index (χ3v) is 3.57. The Morgan fingerprint density at radius 3 is 2.29 bits per heavy atom. The lowest BCUT2D eigenvalue weighted by molar-refractivity contribution is -0.118. The van der Waals surface area contributed by atoms with E-state index in [0.717, 1.165) is 31.4 Å². The summed E-state index contributed by atoms with van der Waals surface area (Å²) in [6, 6.07) is 6.64. The van der Waals surface area contributed by atoms with Crippen LogP contribution in [0.3, 0.4) is 0 Å². The van der Waals surface area contributed by atoms with Gasteiger partial charge in [-0.3, -0.25) is 9.59 Å². The van der Waals surface area contributed by atoms with E-state index in [2.05, 4.69) is 17.6 Å². The molecular weight excluding hydrogens is 266 g/mol. The summed E-state index contributed by atoms with van der Waals surface area (Å²) in [6.45, 7) is 2.07. The molecule has 0 saturated heterocycles. The van der Waals surface area contributed by atoms with E-state index in [1.165, 1.54) is 0 Å². The van der Waals surface area contributed by atoms with Crippen molar-refractivity contribution >= 4 is 23.2 Å². The average Bonchev–Trinajstić information content (AvgIpc) is 3.31. The number of hydrogen-bond donors (Lipinski definition) is 3. The number of carbonyl (C=O) groups excluding carboxylic acids is 2. The van der Waals surface area contributed by atoms with E-state index in [9.17, 15) is 9.59 Å². The molecule has 0 radical (unpaired) electrons. The van der Waals surface area contributed by atoms with Crippen molar-refractivity contribution in [2.75, 3.05) is 10.6 Å². The molecule has 21 heavy (non-hydrogen) atoms. The van der Waals surface area contributed by atoms with E-state index >= 15 is 0 Å². The van der Waals surface area contributed by atoms with Gasteiger partial charge in [0.15, 0.2) is 0 Å². The van der Waals surface area contributed by atoms with Gasteiger partial charge in [-0.15, -0.1) is 0 Å². The fraction of sp³-hybridized carbons (Fsp3) is 0.500. The van der Waals surface area contributed by atoms with Gasteiger partial charge in [-0.25, -0.2) is 0 Å². The number of nitrogens with one attached hydrogen (secondary N) is 2. The topological polar surface area (TPSA) is 84.2 Å². The maximum Gasteiger partial charge on any atom is 0.241 e. The molecule has 1 aliphatic rings. The minimum atomic E-state index is -0.473. The van der Waals surface area contributed by atoms with Crippen LogP contribution in [0.4, 0.5) is 11.4 Å². The third kappa shape index (κ3) is 4.86. The van der Waals surface area contributed by atoms with Crippen LogP contribution in [-0.4, -0.2) is 17.9 Å². The number of amides is 2. The molecule has 5 heteroatoms. The molecule has 5 nitrogen and oxygen atoms in total. The molecule has 114 valence electrons. The molecule has 2 amide bonds. The van der Waals surface area contributed by atoms with Gasteiger partial charge < -0.3 is 16.4 Å². The summed E-state index contributed by atoms with van der Waals surface area (Å²) in [5.74, 6) is 0.0903. The summed E-state index contributed by atoms with van der Waals surface area (Å²) >= 11 is 0. The number of carbonyl (C=O) groups is 2. The Kier molecular flexibility index (Phi) is 5.33. The molecule has 1 atom stereocenters. The van der Waals surface area contributed by atoms with Gasteiger partial charge in [-0.05, 0) is 43.5 Å². The fourth-order valence-corrected chi connectivity index (χ4v) is 2.02. The Hall–Kier alpha value is -1.88. The smallest absolute Gasteiger partial charge is 0.241 e. The van der Waals surface area contributed by atoms with Crippen molar-refractivity contribution in [3.05, 3.63) is 24.3 Å². The monoisotopic (exact) mass is 289 g/mol. The zero-order valence-corrected chi connectivity index (χ0v) is 12.4. The van der Waals surface area contributed by atoms with Gasteiger partial charge in [0.1, 0.15) is 0 Å². The fourth-order valence-electron chi connectivity index (χ4n) is 2.02. The van der Waals surface area contributed by atoms with Crippen molar-refractivity contribution < 1.29 is 9.59 Å². The van der Waals surface area contributed by atoms with Gasteiger partial charge in [0.2, 0.25) is 11.8 Å². The van der Waals surface area contributed by atoms with Gasteiger partial charge in [-0.2, -0.15) is 0 Å². The van der Waals surface area contributed by atoms with Gasteiger partial charge >= 0.3 is 0 Å². The maximum absolute atomic E-state index is 11.9. The summed E-state index contributed by atoms with van der Waals surface area (Å²) in [4.78, 5) is 23.5. The van der Waals surface area contributed by atoms with Crippen LogP contribution in [-0.2, 0) is 9.59 Å². The van der Waals surface area contributed by atoms with E-state index in [0.29, 0.717) is 12.1 Å². The number of nitrogens with two attached hydrogens (primary N) is 1. The highest BCUT2D eigenvalue weighted by atomic mass is 16.2. The molecule has 1 fully saturated rings. The second kappa shape index (κ2) is 7.22. The quantitative estimate of drug-likeness (QED) is 0.721.